The molecular formula is C12H21NOS. The van der Waals surface area contributed by atoms with E-state index >= 15 is 0 Å². The van der Waals surface area contributed by atoms with Gasteiger partial charge in [-0.05, 0) is 38.3 Å². The second-order valence-electron chi connectivity index (χ2n) is 4.29. The van der Waals surface area contributed by atoms with E-state index in [2.05, 4.69) is 32.2 Å². The minimum absolute atomic E-state index is 0.251. The van der Waals surface area contributed by atoms with Crippen molar-refractivity contribution in [2.45, 2.75) is 33.7 Å². The van der Waals surface area contributed by atoms with Crippen LogP contribution in [0.3, 0.4) is 0 Å². The Balaban J connectivity index is 2.53. The molecule has 0 amide bonds. The molecule has 1 aromatic rings. The highest BCUT2D eigenvalue weighted by Gasteiger charge is 2.11. The summed E-state index contributed by atoms with van der Waals surface area (Å²) in [7, 11) is 0. The third kappa shape index (κ3) is 3.59. The molecule has 1 aromatic heterocycles. The SMILES string of the molecule is Cc1cc(C(C)NCC(C)CO)c(C)s1. The molecule has 0 spiro atoms. The van der Waals surface area contributed by atoms with Crippen molar-refractivity contribution in [1.82, 2.24) is 5.32 Å². The van der Waals surface area contributed by atoms with Crippen molar-refractivity contribution in [2.24, 2.45) is 5.92 Å². The molecule has 0 aliphatic rings. The highest BCUT2D eigenvalue weighted by molar-refractivity contribution is 7.12. The van der Waals surface area contributed by atoms with Gasteiger partial charge >= 0.3 is 0 Å². The maximum absolute atomic E-state index is 8.94. The number of aliphatic hydroxyl groups excluding tert-OH is 1. The maximum atomic E-state index is 8.94. The summed E-state index contributed by atoms with van der Waals surface area (Å²) in [5, 5.41) is 12.4. The van der Waals surface area contributed by atoms with E-state index in [1.807, 2.05) is 18.3 Å². The van der Waals surface area contributed by atoms with Crippen molar-refractivity contribution >= 4 is 11.3 Å². The lowest BCUT2D eigenvalue weighted by Gasteiger charge is -2.16. The second-order valence-corrected chi connectivity index (χ2v) is 5.75. The summed E-state index contributed by atoms with van der Waals surface area (Å²) in [6.07, 6.45) is 0. The maximum Gasteiger partial charge on any atom is 0.0468 e. The highest BCUT2D eigenvalue weighted by Crippen LogP contribution is 2.26. The van der Waals surface area contributed by atoms with Gasteiger partial charge in [-0.15, -0.1) is 11.3 Å². The first-order valence-electron chi connectivity index (χ1n) is 5.45. The van der Waals surface area contributed by atoms with Gasteiger partial charge in [0.15, 0.2) is 0 Å². The van der Waals surface area contributed by atoms with Crippen molar-refractivity contribution < 1.29 is 5.11 Å². The van der Waals surface area contributed by atoms with Crippen molar-refractivity contribution in [1.29, 1.82) is 0 Å². The Morgan fingerprint density at radius 2 is 2.07 bits per heavy atom. The van der Waals surface area contributed by atoms with Crippen molar-refractivity contribution in [2.75, 3.05) is 13.2 Å². The lowest BCUT2D eigenvalue weighted by atomic mass is 10.1. The van der Waals surface area contributed by atoms with Crippen LogP contribution in [0, 0.1) is 19.8 Å². The number of thiophene rings is 1. The normalized spacial score (nSPS) is 15.3. The Bertz CT molecular complexity index is 309. The highest BCUT2D eigenvalue weighted by atomic mass is 32.1. The fourth-order valence-corrected chi connectivity index (χ4v) is 2.66. The number of nitrogens with one attached hydrogen (secondary N) is 1. The standard InChI is InChI=1S/C12H21NOS/c1-8(7-14)6-13-10(3)12-5-9(2)15-11(12)4/h5,8,10,13-14H,6-7H2,1-4H3. The molecule has 0 aliphatic carbocycles. The number of hydrogen-bond donors (Lipinski definition) is 2. The van der Waals surface area contributed by atoms with Crippen LogP contribution in [0.1, 0.15) is 35.2 Å². The second kappa shape index (κ2) is 5.64. The zero-order valence-electron chi connectivity index (χ0n) is 10.0. The van der Waals surface area contributed by atoms with Crippen LogP contribution < -0.4 is 5.32 Å². The van der Waals surface area contributed by atoms with Gasteiger partial charge in [0, 0.05) is 28.9 Å². The van der Waals surface area contributed by atoms with E-state index in [1.54, 1.807) is 0 Å². The minimum Gasteiger partial charge on any atom is -0.396 e. The molecule has 2 unspecified atom stereocenters. The number of aliphatic hydroxyl groups is 1. The van der Waals surface area contributed by atoms with Gasteiger partial charge in [0.25, 0.3) is 0 Å². The average Bonchev–Trinajstić information content (AvgIpc) is 2.53. The first-order chi connectivity index (χ1) is 7.04. The third-order valence-electron chi connectivity index (χ3n) is 2.63. The molecule has 3 heteroatoms. The van der Waals surface area contributed by atoms with Gasteiger partial charge in [-0.25, -0.2) is 0 Å². The van der Waals surface area contributed by atoms with Crippen LogP contribution in [0.2, 0.25) is 0 Å². The molecule has 0 fully saturated rings. The molecule has 0 saturated carbocycles. The lowest BCUT2D eigenvalue weighted by molar-refractivity contribution is 0.231. The van der Waals surface area contributed by atoms with Crippen molar-refractivity contribution in [3.05, 3.63) is 21.4 Å². The number of rotatable bonds is 5. The number of hydrogen-bond acceptors (Lipinski definition) is 3. The van der Waals surface area contributed by atoms with Crippen LogP contribution in [-0.4, -0.2) is 18.3 Å². The van der Waals surface area contributed by atoms with E-state index < -0.39 is 0 Å². The Morgan fingerprint density at radius 3 is 2.53 bits per heavy atom. The van der Waals surface area contributed by atoms with E-state index in [0.29, 0.717) is 12.0 Å². The van der Waals surface area contributed by atoms with Gasteiger partial charge in [0.2, 0.25) is 0 Å². The predicted molar refractivity (Wildman–Crippen MR) is 66.5 cm³/mol. The lowest BCUT2D eigenvalue weighted by Crippen LogP contribution is -2.26. The van der Waals surface area contributed by atoms with E-state index in [9.17, 15) is 0 Å². The minimum atomic E-state index is 0.251. The number of aryl methyl sites for hydroxylation is 2. The van der Waals surface area contributed by atoms with Crippen molar-refractivity contribution in [3.8, 4) is 0 Å². The quantitative estimate of drug-likeness (QED) is 0.810. The van der Waals surface area contributed by atoms with Gasteiger partial charge < -0.3 is 10.4 Å². The summed E-state index contributed by atoms with van der Waals surface area (Å²) in [4.78, 5) is 2.76. The summed E-state index contributed by atoms with van der Waals surface area (Å²) < 4.78 is 0. The molecule has 0 aliphatic heterocycles. The molecule has 2 nitrogen and oxygen atoms in total. The van der Waals surface area contributed by atoms with Crippen LogP contribution in [0.25, 0.3) is 0 Å². The molecule has 15 heavy (non-hydrogen) atoms. The van der Waals surface area contributed by atoms with Gasteiger partial charge in [-0.1, -0.05) is 6.92 Å². The monoisotopic (exact) mass is 227 g/mol. The summed E-state index contributed by atoms with van der Waals surface area (Å²) in [5.74, 6) is 0.326. The average molecular weight is 227 g/mol. The molecule has 1 heterocycles. The summed E-state index contributed by atoms with van der Waals surface area (Å²) in [6.45, 7) is 9.66. The molecule has 2 N–H and O–H groups in total. The summed E-state index contributed by atoms with van der Waals surface area (Å²) in [6, 6.07) is 2.63. The van der Waals surface area contributed by atoms with Crippen LogP contribution >= 0.6 is 11.3 Å². The van der Waals surface area contributed by atoms with Crippen LogP contribution in [0.15, 0.2) is 6.07 Å². The zero-order chi connectivity index (χ0) is 11.4. The zero-order valence-corrected chi connectivity index (χ0v) is 10.8. The smallest absolute Gasteiger partial charge is 0.0468 e. The van der Waals surface area contributed by atoms with Gasteiger partial charge in [-0.2, -0.15) is 0 Å². The topological polar surface area (TPSA) is 32.3 Å². The Morgan fingerprint density at radius 1 is 1.40 bits per heavy atom. The summed E-state index contributed by atoms with van der Waals surface area (Å²) >= 11 is 1.85. The van der Waals surface area contributed by atoms with E-state index in [4.69, 9.17) is 5.11 Å². The molecule has 86 valence electrons. The Hall–Kier alpha value is -0.380. The first-order valence-corrected chi connectivity index (χ1v) is 6.27. The fourth-order valence-electron chi connectivity index (χ4n) is 1.63. The molecule has 0 radical (unpaired) electrons. The first kappa shape index (κ1) is 12.7. The van der Waals surface area contributed by atoms with E-state index in [0.717, 1.165) is 6.54 Å². The molecule has 0 saturated heterocycles. The summed E-state index contributed by atoms with van der Waals surface area (Å²) in [5.41, 5.74) is 1.39. The molecule has 1 rings (SSSR count). The largest absolute Gasteiger partial charge is 0.396 e. The predicted octanol–water partition coefficient (Wildman–Crippen LogP) is 2.64. The molecule has 2 atom stereocenters. The van der Waals surface area contributed by atoms with Crippen molar-refractivity contribution in [3.63, 3.8) is 0 Å². The molecular weight excluding hydrogens is 206 g/mol. The molecule has 0 aromatic carbocycles. The van der Waals surface area contributed by atoms with Gasteiger partial charge in [0.1, 0.15) is 0 Å². The Labute approximate surface area is 96.3 Å². The van der Waals surface area contributed by atoms with E-state index in [1.165, 1.54) is 15.3 Å². The van der Waals surface area contributed by atoms with Gasteiger partial charge in [-0.3, -0.25) is 0 Å². The van der Waals surface area contributed by atoms with Gasteiger partial charge in [0.05, 0.1) is 0 Å². The molecule has 0 bridgehead atoms. The Kier molecular flexibility index (Phi) is 4.77. The van der Waals surface area contributed by atoms with Crippen LogP contribution in [0.5, 0.6) is 0 Å². The fraction of sp³-hybridized carbons (Fsp3) is 0.667. The van der Waals surface area contributed by atoms with Crippen LogP contribution in [0.4, 0.5) is 0 Å². The third-order valence-corrected chi connectivity index (χ3v) is 3.61. The van der Waals surface area contributed by atoms with Crippen LogP contribution in [-0.2, 0) is 0 Å². The van der Waals surface area contributed by atoms with E-state index in [-0.39, 0.29) is 6.61 Å².